The van der Waals surface area contributed by atoms with Gasteiger partial charge in [0.15, 0.2) is 0 Å². The highest BCUT2D eigenvalue weighted by Crippen LogP contribution is 2.28. The standard InChI is InChI=1S/C26H27FN4O4/c1-18-13-14-28-23(15-18)30-24(32)11-12-26(34)31(21-5-3-4-6-22(21)35-2)17-25(33)29-16-19-7-9-20(27)10-8-19/h3-10,13-15H,11-12,16-17H2,1-2H3,(H,29,33)(H,28,30,32). The lowest BCUT2D eigenvalue weighted by molar-refractivity contribution is -0.125. The van der Waals surface area contributed by atoms with E-state index in [0.717, 1.165) is 11.1 Å². The normalized spacial score (nSPS) is 10.4. The predicted molar refractivity (Wildman–Crippen MR) is 130 cm³/mol. The predicted octanol–water partition coefficient (Wildman–Crippen LogP) is 3.61. The van der Waals surface area contributed by atoms with Gasteiger partial charge in [-0.2, -0.15) is 0 Å². The summed E-state index contributed by atoms with van der Waals surface area (Å²) in [4.78, 5) is 43.5. The summed E-state index contributed by atoms with van der Waals surface area (Å²) in [5.41, 5.74) is 2.08. The molecule has 0 fully saturated rings. The summed E-state index contributed by atoms with van der Waals surface area (Å²) in [5, 5.41) is 5.40. The van der Waals surface area contributed by atoms with Crippen molar-refractivity contribution >= 4 is 29.2 Å². The minimum Gasteiger partial charge on any atom is -0.495 e. The second kappa shape index (κ2) is 12.3. The molecule has 9 heteroatoms. The van der Waals surface area contributed by atoms with E-state index in [1.54, 1.807) is 48.7 Å². The molecule has 182 valence electrons. The smallest absolute Gasteiger partial charge is 0.240 e. The fourth-order valence-corrected chi connectivity index (χ4v) is 3.33. The van der Waals surface area contributed by atoms with Crippen LogP contribution in [0.2, 0.25) is 0 Å². The average molecular weight is 479 g/mol. The SMILES string of the molecule is COc1ccccc1N(CC(=O)NCc1ccc(F)cc1)C(=O)CCC(=O)Nc1cc(C)ccn1. The monoisotopic (exact) mass is 478 g/mol. The van der Waals surface area contributed by atoms with E-state index in [2.05, 4.69) is 15.6 Å². The molecule has 0 unspecified atom stereocenters. The fourth-order valence-electron chi connectivity index (χ4n) is 3.33. The van der Waals surface area contributed by atoms with Gasteiger partial charge in [-0.3, -0.25) is 19.3 Å². The first-order valence-electron chi connectivity index (χ1n) is 11.0. The minimum absolute atomic E-state index is 0.0860. The lowest BCUT2D eigenvalue weighted by Crippen LogP contribution is -2.41. The van der Waals surface area contributed by atoms with Gasteiger partial charge in [0.2, 0.25) is 17.7 Å². The highest BCUT2D eigenvalue weighted by atomic mass is 19.1. The van der Waals surface area contributed by atoms with Crippen LogP contribution >= 0.6 is 0 Å². The van der Waals surface area contributed by atoms with Gasteiger partial charge in [0.05, 0.1) is 12.8 Å². The number of anilines is 2. The first-order chi connectivity index (χ1) is 16.9. The van der Waals surface area contributed by atoms with Gasteiger partial charge in [0.25, 0.3) is 0 Å². The molecule has 3 aromatic rings. The van der Waals surface area contributed by atoms with E-state index >= 15 is 0 Å². The summed E-state index contributed by atoms with van der Waals surface area (Å²) in [6.45, 7) is 1.79. The number of benzene rings is 2. The van der Waals surface area contributed by atoms with Crippen LogP contribution in [0.5, 0.6) is 5.75 Å². The van der Waals surface area contributed by atoms with Crippen molar-refractivity contribution < 1.29 is 23.5 Å². The molecule has 0 aliphatic carbocycles. The van der Waals surface area contributed by atoms with Gasteiger partial charge in [0.1, 0.15) is 23.9 Å². The topological polar surface area (TPSA) is 101 Å². The Bertz CT molecular complexity index is 1180. The number of nitrogens with zero attached hydrogens (tertiary/aromatic N) is 2. The van der Waals surface area contributed by atoms with E-state index in [4.69, 9.17) is 4.74 Å². The molecule has 2 aromatic carbocycles. The van der Waals surface area contributed by atoms with Crippen molar-refractivity contribution in [1.29, 1.82) is 0 Å². The van der Waals surface area contributed by atoms with Crippen LogP contribution in [0.1, 0.15) is 24.0 Å². The lowest BCUT2D eigenvalue weighted by Gasteiger charge is -2.24. The molecule has 35 heavy (non-hydrogen) atoms. The van der Waals surface area contributed by atoms with Crippen LogP contribution in [0.15, 0.2) is 66.9 Å². The van der Waals surface area contributed by atoms with E-state index in [1.807, 2.05) is 13.0 Å². The summed E-state index contributed by atoms with van der Waals surface area (Å²) in [6.07, 6.45) is 1.38. The summed E-state index contributed by atoms with van der Waals surface area (Å²) >= 11 is 0. The summed E-state index contributed by atoms with van der Waals surface area (Å²) in [5.74, 6) is -0.738. The number of aromatic nitrogens is 1. The van der Waals surface area contributed by atoms with Crippen LogP contribution in [-0.2, 0) is 20.9 Å². The molecule has 3 amide bonds. The Kier molecular flexibility index (Phi) is 8.89. The molecule has 0 aliphatic rings. The number of carbonyl (C=O) groups is 3. The zero-order chi connectivity index (χ0) is 25.2. The van der Waals surface area contributed by atoms with Gasteiger partial charge in [0, 0.05) is 25.6 Å². The molecule has 0 aliphatic heterocycles. The van der Waals surface area contributed by atoms with Gasteiger partial charge in [-0.1, -0.05) is 24.3 Å². The van der Waals surface area contributed by atoms with E-state index in [9.17, 15) is 18.8 Å². The Hall–Kier alpha value is -4.27. The molecule has 0 bridgehead atoms. The van der Waals surface area contributed by atoms with Gasteiger partial charge in [-0.25, -0.2) is 9.37 Å². The average Bonchev–Trinajstić information content (AvgIpc) is 2.85. The maximum absolute atomic E-state index is 13.1. The first kappa shape index (κ1) is 25.4. The third-order valence-corrected chi connectivity index (χ3v) is 5.13. The minimum atomic E-state index is -0.418. The number of pyridine rings is 1. The van der Waals surface area contributed by atoms with Crippen molar-refractivity contribution in [3.05, 3.63) is 83.8 Å². The first-order valence-corrected chi connectivity index (χ1v) is 11.0. The third kappa shape index (κ3) is 7.63. The zero-order valence-corrected chi connectivity index (χ0v) is 19.6. The van der Waals surface area contributed by atoms with Crippen molar-refractivity contribution in [2.75, 3.05) is 23.9 Å². The number of hydrogen-bond acceptors (Lipinski definition) is 5. The number of carbonyl (C=O) groups excluding carboxylic acids is 3. The maximum Gasteiger partial charge on any atom is 0.240 e. The molecule has 1 heterocycles. The largest absolute Gasteiger partial charge is 0.495 e. The number of aryl methyl sites for hydroxylation is 1. The Morgan fingerprint density at radius 3 is 2.46 bits per heavy atom. The summed E-state index contributed by atoms with van der Waals surface area (Å²) < 4.78 is 18.5. The quantitative estimate of drug-likeness (QED) is 0.464. The third-order valence-electron chi connectivity index (χ3n) is 5.13. The number of nitrogens with one attached hydrogen (secondary N) is 2. The van der Waals surface area contributed by atoms with E-state index < -0.39 is 11.8 Å². The van der Waals surface area contributed by atoms with E-state index in [1.165, 1.54) is 24.1 Å². The van der Waals surface area contributed by atoms with Crippen molar-refractivity contribution in [2.45, 2.75) is 26.3 Å². The molecular formula is C26H27FN4O4. The van der Waals surface area contributed by atoms with Crippen LogP contribution in [0.25, 0.3) is 0 Å². The molecule has 0 radical (unpaired) electrons. The lowest BCUT2D eigenvalue weighted by atomic mass is 10.2. The highest BCUT2D eigenvalue weighted by Gasteiger charge is 2.23. The molecule has 0 saturated carbocycles. The van der Waals surface area contributed by atoms with Crippen LogP contribution in [0.4, 0.5) is 15.9 Å². The van der Waals surface area contributed by atoms with Crippen LogP contribution in [0.3, 0.4) is 0 Å². The number of para-hydroxylation sites is 2. The van der Waals surface area contributed by atoms with Crippen molar-refractivity contribution in [3.63, 3.8) is 0 Å². The van der Waals surface area contributed by atoms with Crippen molar-refractivity contribution in [3.8, 4) is 5.75 Å². The molecule has 3 rings (SSSR count). The number of ether oxygens (including phenoxy) is 1. The Labute approximate surface area is 203 Å². The second-order valence-corrected chi connectivity index (χ2v) is 7.82. The van der Waals surface area contributed by atoms with E-state index in [-0.39, 0.29) is 37.7 Å². The van der Waals surface area contributed by atoms with Crippen molar-refractivity contribution in [2.24, 2.45) is 0 Å². The van der Waals surface area contributed by atoms with E-state index in [0.29, 0.717) is 17.3 Å². The van der Waals surface area contributed by atoms with Gasteiger partial charge in [-0.15, -0.1) is 0 Å². The number of amides is 3. The van der Waals surface area contributed by atoms with Crippen LogP contribution < -0.4 is 20.3 Å². The molecule has 2 N–H and O–H groups in total. The van der Waals surface area contributed by atoms with Crippen LogP contribution in [0, 0.1) is 12.7 Å². The number of methoxy groups -OCH3 is 1. The second-order valence-electron chi connectivity index (χ2n) is 7.82. The Morgan fingerprint density at radius 1 is 1.00 bits per heavy atom. The van der Waals surface area contributed by atoms with Crippen LogP contribution in [-0.4, -0.2) is 36.4 Å². The maximum atomic E-state index is 13.1. The molecular weight excluding hydrogens is 451 g/mol. The number of rotatable bonds is 10. The van der Waals surface area contributed by atoms with Gasteiger partial charge in [-0.05, 0) is 54.4 Å². The molecule has 0 saturated heterocycles. The number of hydrogen-bond donors (Lipinski definition) is 2. The molecule has 8 nitrogen and oxygen atoms in total. The van der Waals surface area contributed by atoms with Crippen molar-refractivity contribution in [1.82, 2.24) is 10.3 Å². The molecule has 1 aromatic heterocycles. The Morgan fingerprint density at radius 2 is 1.74 bits per heavy atom. The summed E-state index contributed by atoms with van der Waals surface area (Å²) in [7, 11) is 1.47. The molecule has 0 atom stereocenters. The van der Waals surface area contributed by atoms with Gasteiger partial charge >= 0.3 is 0 Å². The fraction of sp³-hybridized carbons (Fsp3) is 0.231. The highest BCUT2D eigenvalue weighted by molar-refractivity contribution is 6.02. The summed E-state index contributed by atoms with van der Waals surface area (Å²) in [6, 6.07) is 16.1. The molecule has 0 spiro atoms. The number of halogens is 1. The Balaban J connectivity index is 1.66. The zero-order valence-electron chi connectivity index (χ0n) is 19.6. The van der Waals surface area contributed by atoms with Gasteiger partial charge < -0.3 is 15.4 Å².